The molecule has 12 nitrogen and oxygen atoms in total. The van der Waals surface area contributed by atoms with E-state index in [0.29, 0.717) is 17.9 Å². The van der Waals surface area contributed by atoms with Crippen molar-refractivity contribution in [2.24, 2.45) is 5.41 Å². The molecule has 38 heavy (non-hydrogen) atoms. The first-order valence-corrected chi connectivity index (χ1v) is 13.3. The fourth-order valence-corrected chi connectivity index (χ4v) is 5.25. The number of fused-ring (bicyclic) bond motifs is 2. The third-order valence-corrected chi connectivity index (χ3v) is 7.45. The average Bonchev–Trinajstić information content (AvgIpc) is 3.33. The van der Waals surface area contributed by atoms with E-state index in [-0.39, 0.29) is 38.5 Å². The van der Waals surface area contributed by atoms with Crippen LogP contribution in [-0.2, 0) is 35.1 Å². The summed E-state index contributed by atoms with van der Waals surface area (Å²) in [5, 5.41) is 13.6. The van der Waals surface area contributed by atoms with Gasteiger partial charge >= 0.3 is 11.9 Å². The van der Waals surface area contributed by atoms with E-state index in [1.165, 1.54) is 0 Å². The van der Waals surface area contributed by atoms with Crippen molar-refractivity contribution in [2.75, 3.05) is 19.3 Å². The number of rotatable bonds is 8. The van der Waals surface area contributed by atoms with E-state index in [9.17, 15) is 29.1 Å². The molecule has 13 heteroatoms. The van der Waals surface area contributed by atoms with Crippen LogP contribution in [0.4, 0.5) is 0 Å². The maximum atomic E-state index is 13.4. The highest BCUT2D eigenvalue weighted by molar-refractivity contribution is 8.00. The van der Waals surface area contributed by atoms with Crippen molar-refractivity contribution in [1.82, 2.24) is 15.3 Å². The predicted octanol–water partition coefficient (Wildman–Crippen LogP) is 1.31. The minimum atomic E-state index is -1.21. The number of thioether (sulfide) groups is 1. The highest BCUT2D eigenvalue weighted by Crippen LogP contribution is 2.34. The van der Waals surface area contributed by atoms with Crippen LogP contribution in [0.5, 0.6) is 11.5 Å². The lowest BCUT2D eigenvalue weighted by Gasteiger charge is -2.47. The van der Waals surface area contributed by atoms with Gasteiger partial charge in [-0.15, -0.1) is 11.8 Å². The summed E-state index contributed by atoms with van der Waals surface area (Å²) in [6.07, 6.45) is 0.620. The number of nitrogens with one attached hydrogen (secondary N) is 1. The minimum Gasteiger partial charge on any atom is -0.480 e. The van der Waals surface area contributed by atoms with Crippen LogP contribution < -0.4 is 14.8 Å². The molecule has 0 saturated carbocycles. The number of aliphatic carboxylic acids is 1. The molecular weight excluding hydrogens is 518 g/mol. The Morgan fingerprint density at radius 2 is 1.95 bits per heavy atom. The van der Waals surface area contributed by atoms with Gasteiger partial charge < -0.3 is 24.6 Å². The van der Waals surface area contributed by atoms with Crippen LogP contribution in [0.1, 0.15) is 45.6 Å². The van der Waals surface area contributed by atoms with E-state index < -0.39 is 52.4 Å². The molecule has 1 aromatic rings. The van der Waals surface area contributed by atoms with Gasteiger partial charge in [-0.1, -0.05) is 6.07 Å². The quantitative estimate of drug-likeness (QED) is 0.359. The normalized spacial score (nSPS) is 21.6. The number of carboxylic acid groups (broad SMARTS) is 1. The van der Waals surface area contributed by atoms with Crippen LogP contribution >= 0.6 is 11.8 Å². The highest BCUT2D eigenvalue weighted by atomic mass is 32.2. The second-order valence-corrected chi connectivity index (χ2v) is 11.4. The summed E-state index contributed by atoms with van der Waals surface area (Å²) in [5.41, 5.74) is 0.0363. The van der Waals surface area contributed by atoms with E-state index in [0.717, 1.165) is 27.3 Å². The smallest absolute Gasteiger partial charge is 0.328 e. The first kappa shape index (κ1) is 27.6. The Labute approximate surface area is 223 Å². The minimum absolute atomic E-state index is 0.0999. The van der Waals surface area contributed by atoms with Gasteiger partial charge in [0.15, 0.2) is 17.5 Å². The third kappa shape index (κ3) is 5.98. The molecule has 1 unspecified atom stereocenters. The Hall–Kier alpha value is -3.48. The van der Waals surface area contributed by atoms with E-state index >= 15 is 0 Å². The summed E-state index contributed by atoms with van der Waals surface area (Å²) in [5.74, 6) is -2.21. The zero-order valence-electron chi connectivity index (χ0n) is 21.4. The van der Waals surface area contributed by atoms with Crippen LogP contribution in [-0.4, -0.2) is 81.4 Å². The summed E-state index contributed by atoms with van der Waals surface area (Å²) >= 11 is 1.08. The number of nitrogens with zero attached hydrogens (tertiary/aromatic N) is 2. The first-order valence-electron chi connectivity index (χ1n) is 12.3. The monoisotopic (exact) mass is 549 g/mol. The summed E-state index contributed by atoms with van der Waals surface area (Å²) < 4.78 is 16.1. The van der Waals surface area contributed by atoms with Crippen LogP contribution in [0, 0.1) is 5.41 Å². The molecule has 3 atom stereocenters. The molecule has 0 bridgehead atoms. The number of ether oxygens (including phenoxy) is 3. The van der Waals surface area contributed by atoms with Gasteiger partial charge in [0.25, 0.3) is 5.91 Å². The van der Waals surface area contributed by atoms with Crippen LogP contribution in [0.2, 0.25) is 0 Å². The van der Waals surface area contributed by atoms with Gasteiger partial charge in [-0.3, -0.25) is 24.2 Å². The van der Waals surface area contributed by atoms with Gasteiger partial charge in [-0.2, -0.15) is 0 Å². The molecule has 2 fully saturated rings. The lowest BCUT2D eigenvalue weighted by atomic mass is 9.98. The molecule has 0 aromatic heterocycles. The number of hydrogen-bond acceptors (Lipinski definition) is 9. The number of hydrogen-bond donors (Lipinski definition) is 2. The predicted molar refractivity (Wildman–Crippen MR) is 134 cm³/mol. The van der Waals surface area contributed by atoms with Crippen LogP contribution in [0.3, 0.4) is 0 Å². The van der Waals surface area contributed by atoms with Gasteiger partial charge in [-0.25, -0.2) is 9.80 Å². The van der Waals surface area contributed by atoms with Crippen molar-refractivity contribution >= 4 is 41.4 Å². The standard InChI is InChI=1S/C25H31N3O9S/c1-25(2,3)24(34)37-13-38-19(10-14-6-7-17-18(9-14)36-12-35-17)21(30)26-15-11-20(29)27-8-4-5-16(23(32)33)28(27)22(15)31/h6-7,9,15-16,19H,4-5,8,10-13H2,1-3H3,(H,26,30)(H,32,33)/t15?,16-,19-/m0/s1. The molecule has 0 spiro atoms. The SMILES string of the molecule is CC(C)(C)C(=O)OCS[C@@H](Cc1ccc2c(c1)OCO2)C(=O)NC1CC(=O)N2CCC[C@@H](C(=O)O)N2C1=O. The van der Waals surface area contributed by atoms with Crippen molar-refractivity contribution in [1.29, 1.82) is 0 Å². The second kappa shape index (κ2) is 11.1. The highest BCUT2D eigenvalue weighted by Gasteiger charge is 2.47. The molecule has 3 aliphatic rings. The second-order valence-electron chi connectivity index (χ2n) is 10.3. The van der Waals surface area contributed by atoms with Gasteiger partial charge in [-0.05, 0) is 57.7 Å². The maximum absolute atomic E-state index is 13.4. The number of esters is 1. The van der Waals surface area contributed by atoms with Gasteiger partial charge in [0.2, 0.25) is 18.6 Å². The zero-order chi connectivity index (χ0) is 27.6. The summed E-state index contributed by atoms with van der Waals surface area (Å²) in [6.45, 7) is 5.50. The molecule has 3 amide bonds. The number of amides is 3. The fraction of sp³-hybridized carbons (Fsp3) is 0.560. The van der Waals surface area contributed by atoms with Crippen LogP contribution in [0.25, 0.3) is 0 Å². The molecular formula is C25H31N3O9S. The first-order chi connectivity index (χ1) is 18.0. The Balaban J connectivity index is 1.49. The third-order valence-electron chi connectivity index (χ3n) is 6.42. The molecule has 1 aromatic carbocycles. The lowest BCUT2D eigenvalue weighted by molar-refractivity contribution is -0.190. The fourth-order valence-electron chi connectivity index (χ4n) is 4.38. The number of carboxylic acids is 1. The Morgan fingerprint density at radius 1 is 1.21 bits per heavy atom. The molecule has 2 saturated heterocycles. The summed E-state index contributed by atoms with van der Waals surface area (Å²) in [7, 11) is 0. The molecule has 0 aliphatic carbocycles. The van der Waals surface area contributed by atoms with Crippen molar-refractivity contribution < 1.29 is 43.3 Å². The van der Waals surface area contributed by atoms with Crippen molar-refractivity contribution in [3.8, 4) is 11.5 Å². The maximum Gasteiger partial charge on any atom is 0.328 e. The largest absolute Gasteiger partial charge is 0.480 e. The number of hydrazine groups is 1. The van der Waals surface area contributed by atoms with Gasteiger partial charge in [0, 0.05) is 6.54 Å². The van der Waals surface area contributed by atoms with Crippen molar-refractivity contribution in [3.05, 3.63) is 23.8 Å². The molecule has 3 aliphatic heterocycles. The summed E-state index contributed by atoms with van der Waals surface area (Å²) in [4.78, 5) is 63.3. The van der Waals surface area contributed by atoms with E-state index in [2.05, 4.69) is 5.32 Å². The molecule has 4 rings (SSSR count). The van der Waals surface area contributed by atoms with E-state index in [4.69, 9.17) is 14.2 Å². The van der Waals surface area contributed by atoms with Crippen molar-refractivity contribution in [3.63, 3.8) is 0 Å². The number of carbonyl (C=O) groups is 5. The topological polar surface area (TPSA) is 152 Å². The Bertz CT molecular complexity index is 1130. The number of carbonyl (C=O) groups excluding carboxylic acids is 4. The summed E-state index contributed by atoms with van der Waals surface area (Å²) in [6, 6.07) is 2.90. The average molecular weight is 550 g/mol. The van der Waals surface area contributed by atoms with Crippen LogP contribution in [0.15, 0.2) is 18.2 Å². The van der Waals surface area contributed by atoms with Gasteiger partial charge in [0.05, 0.1) is 17.1 Å². The van der Waals surface area contributed by atoms with Gasteiger partial charge in [0.1, 0.15) is 12.0 Å². The van der Waals surface area contributed by atoms with Crippen molar-refractivity contribution in [2.45, 2.75) is 63.8 Å². The lowest BCUT2D eigenvalue weighted by Crippen LogP contribution is -2.68. The molecule has 3 heterocycles. The molecule has 206 valence electrons. The number of benzene rings is 1. The van der Waals surface area contributed by atoms with E-state index in [1.54, 1.807) is 39.0 Å². The molecule has 2 N–H and O–H groups in total. The Kier molecular flexibility index (Phi) is 8.05. The van der Waals surface area contributed by atoms with E-state index in [1.807, 2.05) is 0 Å². The molecule has 0 radical (unpaired) electrons. The zero-order valence-corrected chi connectivity index (χ0v) is 22.2. The Morgan fingerprint density at radius 3 is 2.66 bits per heavy atom.